The summed E-state index contributed by atoms with van der Waals surface area (Å²) >= 11 is 0. The van der Waals surface area contributed by atoms with Crippen molar-refractivity contribution < 1.29 is 4.74 Å². The van der Waals surface area contributed by atoms with Crippen LogP contribution in [0.25, 0.3) is 5.70 Å². The summed E-state index contributed by atoms with van der Waals surface area (Å²) in [5.41, 5.74) is 2.80. The molecule has 2 aliphatic heterocycles. The molecule has 0 saturated carbocycles. The average Bonchev–Trinajstić information content (AvgIpc) is 3.18. The molecular weight excluding hydrogens is 340 g/mol. The molecule has 0 bridgehead atoms. The number of nitrogens with zero attached hydrogens (tertiary/aromatic N) is 5. The fraction of sp³-hybridized carbons (Fsp3) is 0.350. The summed E-state index contributed by atoms with van der Waals surface area (Å²) in [5.74, 6) is 1.87. The number of methoxy groups -OCH3 is 1. The predicted octanol–water partition coefficient (Wildman–Crippen LogP) is 2.31. The fourth-order valence-electron chi connectivity index (χ4n) is 3.50. The first kappa shape index (κ1) is 17.3. The van der Waals surface area contributed by atoms with Gasteiger partial charge in [0.05, 0.1) is 24.2 Å². The Kier molecular flexibility index (Phi) is 4.91. The quantitative estimate of drug-likeness (QED) is 0.898. The van der Waals surface area contributed by atoms with Crippen molar-refractivity contribution >= 4 is 17.3 Å². The Morgan fingerprint density at radius 2 is 2.11 bits per heavy atom. The Morgan fingerprint density at radius 3 is 2.93 bits per heavy atom. The van der Waals surface area contributed by atoms with Gasteiger partial charge in [-0.3, -0.25) is 0 Å². The van der Waals surface area contributed by atoms with Crippen molar-refractivity contribution in [3.05, 3.63) is 54.6 Å². The SMILES string of the molecule is COc1ccccc1N[C@@H]1CCN(C2=NC(c3ccncn3)=CCN2C)C1. The van der Waals surface area contributed by atoms with Gasteiger partial charge in [0.1, 0.15) is 12.1 Å². The first-order valence-electron chi connectivity index (χ1n) is 9.15. The Balaban J connectivity index is 1.47. The van der Waals surface area contributed by atoms with E-state index in [0.717, 1.165) is 54.8 Å². The van der Waals surface area contributed by atoms with E-state index in [1.165, 1.54) is 0 Å². The van der Waals surface area contributed by atoms with E-state index in [1.807, 2.05) is 24.3 Å². The highest BCUT2D eigenvalue weighted by Crippen LogP contribution is 2.27. The summed E-state index contributed by atoms with van der Waals surface area (Å²) in [6.07, 6.45) is 6.47. The van der Waals surface area contributed by atoms with E-state index in [2.05, 4.69) is 44.3 Å². The zero-order valence-electron chi connectivity index (χ0n) is 15.7. The number of benzene rings is 1. The molecule has 2 aromatic rings. The molecule has 7 heteroatoms. The van der Waals surface area contributed by atoms with Crippen LogP contribution < -0.4 is 10.1 Å². The zero-order chi connectivity index (χ0) is 18.6. The molecular formula is C20H24N6O. The van der Waals surface area contributed by atoms with Gasteiger partial charge in [-0.2, -0.15) is 0 Å². The number of aliphatic imine (C=N–C) groups is 1. The molecule has 2 aliphatic rings. The number of ether oxygens (including phenoxy) is 1. The summed E-state index contributed by atoms with van der Waals surface area (Å²) in [6, 6.07) is 10.3. The van der Waals surface area contributed by atoms with Crippen molar-refractivity contribution in [2.24, 2.45) is 4.99 Å². The van der Waals surface area contributed by atoms with Crippen LogP contribution in [0.3, 0.4) is 0 Å². The molecule has 1 fully saturated rings. The van der Waals surface area contributed by atoms with Crippen LogP contribution in [0.15, 0.2) is 53.9 Å². The van der Waals surface area contributed by atoms with Crippen molar-refractivity contribution in [3.63, 3.8) is 0 Å². The number of nitrogens with one attached hydrogen (secondary N) is 1. The molecule has 3 heterocycles. The molecule has 1 atom stereocenters. The van der Waals surface area contributed by atoms with Gasteiger partial charge in [-0.15, -0.1) is 0 Å². The van der Waals surface area contributed by atoms with Crippen molar-refractivity contribution in [2.45, 2.75) is 12.5 Å². The maximum Gasteiger partial charge on any atom is 0.201 e. The van der Waals surface area contributed by atoms with Crippen LogP contribution in [-0.2, 0) is 0 Å². The van der Waals surface area contributed by atoms with Gasteiger partial charge in [-0.05, 0) is 30.7 Å². The predicted molar refractivity (Wildman–Crippen MR) is 107 cm³/mol. The summed E-state index contributed by atoms with van der Waals surface area (Å²) in [6.45, 7) is 2.69. The lowest BCUT2D eigenvalue weighted by Gasteiger charge is -2.31. The van der Waals surface area contributed by atoms with Crippen molar-refractivity contribution in [3.8, 4) is 5.75 Å². The van der Waals surface area contributed by atoms with Crippen LogP contribution in [0.4, 0.5) is 5.69 Å². The monoisotopic (exact) mass is 364 g/mol. The number of hydrogen-bond donors (Lipinski definition) is 1. The van der Waals surface area contributed by atoms with Crippen LogP contribution in [-0.4, -0.2) is 65.6 Å². The molecule has 4 rings (SSSR count). The van der Waals surface area contributed by atoms with Crippen LogP contribution in [0.5, 0.6) is 5.75 Å². The van der Waals surface area contributed by atoms with Gasteiger partial charge in [0.2, 0.25) is 5.96 Å². The number of likely N-dealkylation sites (N-methyl/N-ethyl adjacent to an activating group) is 1. The third kappa shape index (κ3) is 3.72. The number of aromatic nitrogens is 2. The van der Waals surface area contributed by atoms with Gasteiger partial charge in [0, 0.05) is 38.9 Å². The molecule has 1 aromatic heterocycles. The molecule has 0 unspecified atom stereocenters. The molecule has 1 aromatic carbocycles. The lowest BCUT2D eigenvalue weighted by Crippen LogP contribution is -2.43. The topological polar surface area (TPSA) is 65.9 Å². The van der Waals surface area contributed by atoms with E-state index < -0.39 is 0 Å². The summed E-state index contributed by atoms with van der Waals surface area (Å²) in [7, 11) is 3.78. The third-order valence-electron chi connectivity index (χ3n) is 4.90. The van der Waals surface area contributed by atoms with Crippen LogP contribution in [0.1, 0.15) is 12.1 Å². The lowest BCUT2D eigenvalue weighted by atomic mass is 10.2. The molecule has 0 spiro atoms. The van der Waals surface area contributed by atoms with E-state index in [9.17, 15) is 0 Å². The second-order valence-electron chi connectivity index (χ2n) is 6.75. The van der Waals surface area contributed by atoms with E-state index in [-0.39, 0.29) is 0 Å². The highest BCUT2D eigenvalue weighted by atomic mass is 16.5. The van der Waals surface area contributed by atoms with E-state index >= 15 is 0 Å². The number of likely N-dealkylation sites (tertiary alicyclic amines) is 1. The lowest BCUT2D eigenvalue weighted by molar-refractivity contribution is 0.406. The van der Waals surface area contributed by atoms with E-state index in [1.54, 1.807) is 19.6 Å². The maximum atomic E-state index is 5.45. The summed E-state index contributed by atoms with van der Waals surface area (Å²) in [4.78, 5) is 17.7. The summed E-state index contributed by atoms with van der Waals surface area (Å²) in [5, 5.41) is 3.61. The number of hydrogen-bond acceptors (Lipinski definition) is 7. The van der Waals surface area contributed by atoms with Crippen LogP contribution in [0, 0.1) is 0 Å². The van der Waals surface area contributed by atoms with Gasteiger partial charge in [-0.1, -0.05) is 12.1 Å². The number of rotatable bonds is 4. The number of anilines is 1. The molecule has 1 N–H and O–H groups in total. The second kappa shape index (κ2) is 7.65. The smallest absolute Gasteiger partial charge is 0.201 e. The first-order valence-corrected chi connectivity index (χ1v) is 9.15. The Hall–Kier alpha value is -3.09. The fourth-order valence-corrected chi connectivity index (χ4v) is 3.50. The molecule has 1 saturated heterocycles. The van der Waals surface area contributed by atoms with Gasteiger partial charge < -0.3 is 19.9 Å². The standard InChI is InChI=1S/C20H24N6O/c1-25-11-9-17(16-7-10-21-14-22-16)24-20(25)26-12-8-15(13-26)23-18-5-3-4-6-19(18)27-2/h3-7,9-10,14-15,23H,8,11-13H2,1-2H3/t15-/m1/s1. The van der Waals surface area contributed by atoms with Crippen LogP contribution in [0.2, 0.25) is 0 Å². The Bertz CT molecular complexity index is 851. The normalized spacial score (nSPS) is 19.6. The first-order chi connectivity index (χ1) is 13.2. The minimum absolute atomic E-state index is 0.353. The number of para-hydroxylation sites is 2. The van der Waals surface area contributed by atoms with Gasteiger partial charge >= 0.3 is 0 Å². The summed E-state index contributed by atoms with van der Waals surface area (Å²) < 4.78 is 5.45. The van der Waals surface area contributed by atoms with Gasteiger partial charge in [0.25, 0.3) is 0 Å². The molecule has 140 valence electrons. The largest absolute Gasteiger partial charge is 0.495 e. The minimum atomic E-state index is 0.353. The molecule has 27 heavy (non-hydrogen) atoms. The molecule has 0 amide bonds. The Labute approximate surface area is 159 Å². The highest BCUT2D eigenvalue weighted by molar-refractivity contribution is 5.88. The number of guanidine groups is 1. The van der Waals surface area contributed by atoms with Gasteiger partial charge in [0.15, 0.2) is 0 Å². The third-order valence-corrected chi connectivity index (χ3v) is 4.90. The average molecular weight is 364 g/mol. The highest BCUT2D eigenvalue weighted by Gasteiger charge is 2.28. The minimum Gasteiger partial charge on any atom is -0.495 e. The molecule has 0 aliphatic carbocycles. The molecule has 7 nitrogen and oxygen atoms in total. The molecule has 0 radical (unpaired) electrons. The second-order valence-corrected chi connectivity index (χ2v) is 6.75. The van der Waals surface area contributed by atoms with Crippen molar-refractivity contribution in [1.82, 2.24) is 19.8 Å². The maximum absolute atomic E-state index is 5.45. The van der Waals surface area contributed by atoms with Gasteiger partial charge in [-0.25, -0.2) is 15.0 Å². The van der Waals surface area contributed by atoms with Crippen LogP contribution >= 0.6 is 0 Å². The zero-order valence-corrected chi connectivity index (χ0v) is 15.7. The Morgan fingerprint density at radius 1 is 1.22 bits per heavy atom. The van der Waals surface area contributed by atoms with E-state index in [0.29, 0.717) is 6.04 Å². The van der Waals surface area contributed by atoms with Crippen molar-refractivity contribution in [1.29, 1.82) is 0 Å². The van der Waals surface area contributed by atoms with Crippen molar-refractivity contribution in [2.75, 3.05) is 39.1 Å². The van der Waals surface area contributed by atoms with E-state index in [4.69, 9.17) is 9.73 Å².